The van der Waals surface area contributed by atoms with Crippen LogP contribution >= 0.6 is 0 Å². The molecule has 1 atom stereocenters. The van der Waals surface area contributed by atoms with Crippen LogP contribution in [0, 0.1) is 13.8 Å². The number of rotatable bonds is 4. The molecule has 2 N–H and O–H groups in total. The lowest BCUT2D eigenvalue weighted by Crippen LogP contribution is -2.44. The molecule has 3 aromatic rings. The lowest BCUT2D eigenvalue weighted by atomic mass is 10.0. The molecule has 9 nitrogen and oxygen atoms in total. The molecule has 0 aromatic carbocycles. The van der Waals surface area contributed by atoms with Crippen LogP contribution in [0.2, 0.25) is 0 Å². The van der Waals surface area contributed by atoms with Crippen LogP contribution in [-0.4, -0.2) is 69.7 Å². The Kier molecular flexibility index (Phi) is 5.65. The van der Waals surface area contributed by atoms with Gasteiger partial charge in [-0.3, -0.25) is 14.5 Å². The molecule has 2 aliphatic heterocycles. The highest BCUT2D eigenvalue weighted by atomic mass is 16.1. The third kappa shape index (κ3) is 4.01. The van der Waals surface area contributed by atoms with Crippen molar-refractivity contribution in [2.45, 2.75) is 45.1 Å². The van der Waals surface area contributed by atoms with E-state index in [9.17, 15) is 9.59 Å². The number of aromatic amines is 1. The van der Waals surface area contributed by atoms with E-state index in [-0.39, 0.29) is 11.5 Å². The van der Waals surface area contributed by atoms with Crippen molar-refractivity contribution >= 4 is 17.1 Å². The first-order valence-corrected chi connectivity index (χ1v) is 11.7. The molecule has 0 aliphatic carbocycles. The quantitative estimate of drug-likeness (QED) is 0.631. The number of amides is 1. The van der Waals surface area contributed by atoms with Crippen molar-refractivity contribution in [3.8, 4) is 0 Å². The Bertz CT molecular complexity index is 1240. The Balaban J connectivity index is 1.22. The second-order valence-electron chi connectivity index (χ2n) is 9.24. The number of likely N-dealkylation sites (tertiary alicyclic amines) is 1. The third-order valence-corrected chi connectivity index (χ3v) is 7.21. The summed E-state index contributed by atoms with van der Waals surface area (Å²) >= 11 is 0. The van der Waals surface area contributed by atoms with Crippen molar-refractivity contribution in [3.05, 3.63) is 57.5 Å². The van der Waals surface area contributed by atoms with Crippen LogP contribution in [0.15, 0.2) is 29.3 Å². The van der Waals surface area contributed by atoms with Crippen molar-refractivity contribution < 1.29 is 4.79 Å². The van der Waals surface area contributed by atoms with Gasteiger partial charge >= 0.3 is 0 Å². The summed E-state index contributed by atoms with van der Waals surface area (Å²) in [7, 11) is 1.62. The van der Waals surface area contributed by atoms with Crippen LogP contribution in [0.4, 0.5) is 5.69 Å². The first-order chi connectivity index (χ1) is 15.9. The van der Waals surface area contributed by atoms with E-state index in [4.69, 9.17) is 0 Å². The van der Waals surface area contributed by atoms with Crippen LogP contribution in [-0.2, 0) is 0 Å². The third-order valence-electron chi connectivity index (χ3n) is 7.21. The van der Waals surface area contributed by atoms with E-state index in [0.717, 1.165) is 68.1 Å². The van der Waals surface area contributed by atoms with E-state index < -0.39 is 0 Å². The van der Waals surface area contributed by atoms with Gasteiger partial charge in [-0.1, -0.05) is 0 Å². The summed E-state index contributed by atoms with van der Waals surface area (Å²) in [6.07, 6.45) is 6.96. The Morgan fingerprint density at radius 3 is 2.67 bits per heavy atom. The molecule has 3 aromatic heterocycles. The number of pyridine rings is 1. The molecule has 0 saturated carbocycles. The average molecular weight is 450 g/mol. The fourth-order valence-corrected chi connectivity index (χ4v) is 5.38. The van der Waals surface area contributed by atoms with Crippen molar-refractivity contribution in [1.82, 2.24) is 29.8 Å². The fourth-order valence-electron chi connectivity index (χ4n) is 5.38. The smallest absolute Gasteiger partial charge is 0.274 e. The number of hydrogen-bond donors (Lipinski definition) is 2. The lowest BCUT2D eigenvalue weighted by molar-refractivity contribution is 0.0958. The van der Waals surface area contributed by atoms with Crippen LogP contribution in [0.3, 0.4) is 0 Å². The van der Waals surface area contributed by atoms with Gasteiger partial charge in [0.2, 0.25) is 0 Å². The van der Waals surface area contributed by atoms with Gasteiger partial charge < -0.3 is 15.2 Å². The zero-order valence-electron chi connectivity index (χ0n) is 19.5. The van der Waals surface area contributed by atoms with E-state index in [1.165, 1.54) is 0 Å². The van der Waals surface area contributed by atoms with Gasteiger partial charge in [-0.2, -0.15) is 5.10 Å². The predicted octanol–water partition coefficient (Wildman–Crippen LogP) is 1.85. The number of nitrogens with one attached hydrogen (secondary N) is 2. The SMILES string of the molecule is CNC(=O)c1ccc(N2CCC(N3CCC(c4cn5ncc(C)c5c(=O)[nH]4)C3)CC2)c(C)n1. The number of aromatic nitrogens is 4. The number of hydrogen-bond acceptors (Lipinski definition) is 6. The van der Waals surface area contributed by atoms with Gasteiger partial charge in [-0.15, -0.1) is 0 Å². The van der Waals surface area contributed by atoms with E-state index in [2.05, 4.69) is 30.2 Å². The monoisotopic (exact) mass is 449 g/mol. The van der Waals surface area contributed by atoms with E-state index >= 15 is 0 Å². The number of piperidine rings is 1. The predicted molar refractivity (Wildman–Crippen MR) is 127 cm³/mol. The van der Waals surface area contributed by atoms with Gasteiger partial charge in [-0.25, -0.2) is 9.50 Å². The van der Waals surface area contributed by atoms with E-state index in [1.54, 1.807) is 23.8 Å². The number of anilines is 1. The second-order valence-corrected chi connectivity index (χ2v) is 9.24. The Labute approximate surface area is 192 Å². The molecule has 1 unspecified atom stereocenters. The normalized spacial score (nSPS) is 20.0. The van der Waals surface area contributed by atoms with Gasteiger partial charge in [0.1, 0.15) is 11.2 Å². The largest absolute Gasteiger partial charge is 0.370 e. The zero-order chi connectivity index (χ0) is 23.1. The van der Waals surface area contributed by atoms with Crippen LogP contribution in [0.5, 0.6) is 0 Å². The first kappa shape index (κ1) is 21.6. The number of nitrogens with zero attached hydrogens (tertiary/aromatic N) is 5. The maximum absolute atomic E-state index is 12.5. The standard InChI is InChI=1S/C24H31N7O2/c1-15-12-26-31-14-20(28-24(33)22(15)31)17-6-9-30(13-17)18-7-10-29(11-8-18)21-5-4-19(23(32)25-3)27-16(21)2/h4-5,12,14,17-18H,6-11,13H2,1-3H3,(H,25,32)(H,28,33). The minimum atomic E-state index is -0.157. The number of carbonyl (C=O) groups excluding carboxylic acids is 1. The Morgan fingerprint density at radius 2 is 1.94 bits per heavy atom. The summed E-state index contributed by atoms with van der Waals surface area (Å²) in [5, 5.41) is 6.96. The minimum Gasteiger partial charge on any atom is -0.370 e. The van der Waals surface area contributed by atoms with Gasteiger partial charge in [0, 0.05) is 56.1 Å². The minimum absolute atomic E-state index is 0.0549. The van der Waals surface area contributed by atoms with Crippen molar-refractivity contribution in [2.24, 2.45) is 0 Å². The molecule has 33 heavy (non-hydrogen) atoms. The fraction of sp³-hybridized carbons (Fsp3) is 0.500. The molecule has 5 heterocycles. The Morgan fingerprint density at radius 1 is 1.15 bits per heavy atom. The van der Waals surface area contributed by atoms with Crippen LogP contribution in [0.1, 0.15) is 52.6 Å². The number of H-pyrrole nitrogens is 1. The lowest BCUT2D eigenvalue weighted by Gasteiger charge is -2.38. The number of carbonyl (C=O) groups is 1. The summed E-state index contributed by atoms with van der Waals surface area (Å²) in [6, 6.07) is 4.37. The molecule has 2 fully saturated rings. The van der Waals surface area contributed by atoms with Crippen molar-refractivity contribution in [1.29, 1.82) is 0 Å². The molecule has 2 saturated heterocycles. The van der Waals surface area contributed by atoms with Gasteiger partial charge in [0.25, 0.3) is 11.5 Å². The van der Waals surface area contributed by atoms with Crippen molar-refractivity contribution in [2.75, 3.05) is 38.1 Å². The summed E-state index contributed by atoms with van der Waals surface area (Å²) in [6.45, 7) is 7.85. The highest BCUT2D eigenvalue weighted by molar-refractivity contribution is 5.92. The number of fused-ring (bicyclic) bond motifs is 1. The van der Waals surface area contributed by atoms with Gasteiger partial charge in [0.15, 0.2) is 0 Å². The molecule has 2 aliphatic rings. The van der Waals surface area contributed by atoms with Crippen LogP contribution < -0.4 is 15.8 Å². The molecule has 0 bridgehead atoms. The number of aryl methyl sites for hydroxylation is 2. The zero-order valence-corrected chi connectivity index (χ0v) is 19.5. The summed E-state index contributed by atoms with van der Waals surface area (Å²) in [5.74, 6) is 0.170. The second kappa shape index (κ2) is 8.62. The molecular weight excluding hydrogens is 418 g/mol. The van der Waals surface area contributed by atoms with Gasteiger partial charge in [-0.05, 0) is 51.8 Å². The van der Waals surface area contributed by atoms with Gasteiger partial charge in [0.05, 0.1) is 17.6 Å². The summed E-state index contributed by atoms with van der Waals surface area (Å²) in [4.78, 5) is 36.9. The molecule has 174 valence electrons. The molecule has 1 amide bonds. The van der Waals surface area contributed by atoms with E-state index in [1.807, 2.05) is 26.1 Å². The molecular formula is C24H31N7O2. The maximum Gasteiger partial charge on any atom is 0.274 e. The summed E-state index contributed by atoms with van der Waals surface area (Å²) in [5.41, 5.74) is 4.92. The molecule has 0 radical (unpaired) electrons. The van der Waals surface area contributed by atoms with Crippen molar-refractivity contribution in [3.63, 3.8) is 0 Å². The first-order valence-electron chi connectivity index (χ1n) is 11.7. The van der Waals surface area contributed by atoms with E-state index in [0.29, 0.717) is 23.2 Å². The maximum atomic E-state index is 12.5. The molecule has 9 heteroatoms. The van der Waals surface area contributed by atoms with Crippen LogP contribution in [0.25, 0.3) is 5.52 Å². The Hall–Kier alpha value is -3.20. The highest BCUT2D eigenvalue weighted by Crippen LogP contribution is 2.31. The highest BCUT2D eigenvalue weighted by Gasteiger charge is 2.32. The topological polar surface area (TPSA) is 98.6 Å². The molecule has 0 spiro atoms. The average Bonchev–Trinajstić information content (AvgIpc) is 3.46. The molecule has 5 rings (SSSR count). The summed E-state index contributed by atoms with van der Waals surface area (Å²) < 4.78 is 1.72.